The number of rotatable bonds is 7. The minimum Gasteiger partial charge on any atom is -0.497 e. The predicted molar refractivity (Wildman–Crippen MR) is 96.3 cm³/mol. The number of carbonyl (C=O) groups is 1. The number of methoxy groups -OCH3 is 1. The molecule has 0 aliphatic carbocycles. The van der Waals surface area contributed by atoms with Gasteiger partial charge in [0.15, 0.2) is 0 Å². The van der Waals surface area contributed by atoms with E-state index in [-0.39, 0.29) is 5.91 Å². The molecule has 0 saturated carbocycles. The summed E-state index contributed by atoms with van der Waals surface area (Å²) in [5, 5.41) is 4.23. The molecule has 124 valence electrons. The molecule has 0 spiro atoms. The van der Waals surface area contributed by atoms with Gasteiger partial charge in [0.05, 0.1) is 7.11 Å². The first-order chi connectivity index (χ1) is 11.8. The number of hydrogen-bond acceptors (Lipinski definition) is 2. The fourth-order valence-electron chi connectivity index (χ4n) is 2.85. The van der Waals surface area contributed by atoms with E-state index in [1.807, 2.05) is 42.6 Å². The van der Waals surface area contributed by atoms with E-state index in [2.05, 4.69) is 22.4 Å². The van der Waals surface area contributed by atoms with E-state index >= 15 is 0 Å². The van der Waals surface area contributed by atoms with Crippen molar-refractivity contribution < 1.29 is 9.53 Å². The Hall–Kier alpha value is -2.75. The van der Waals surface area contributed by atoms with Gasteiger partial charge in [-0.2, -0.15) is 0 Å². The number of carbonyl (C=O) groups excluding carboxylic acids is 1. The van der Waals surface area contributed by atoms with Crippen LogP contribution in [0.1, 0.15) is 17.5 Å². The van der Waals surface area contributed by atoms with Crippen molar-refractivity contribution in [3.05, 3.63) is 65.9 Å². The number of nitrogens with one attached hydrogen (secondary N) is 2. The first-order valence-corrected chi connectivity index (χ1v) is 8.21. The summed E-state index contributed by atoms with van der Waals surface area (Å²) in [4.78, 5) is 15.3. The van der Waals surface area contributed by atoms with Crippen molar-refractivity contribution in [2.24, 2.45) is 0 Å². The monoisotopic (exact) mass is 322 g/mol. The summed E-state index contributed by atoms with van der Waals surface area (Å²) in [5.74, 6) is 0.907. The second kappa shape index (κ2) is 7.68. The summed E-state index contributed by atoms with van der Waals surface area (Å²) in [6.07, 6.45) is 4.05. The summed E-state index contributed by atoms with van der Waals surface area (Å²) in [6.45, 7) is 0.652. The summed E-state index contributed by atoms with van der Waals surface area (Å²) in [5.41, 5.74) is 3.48. The van der Waals surface area contributed by atoms with Crippen molar-refractivity contribution in [2.45, 2.75) is 19.3 Å². The van der Waals surface area contributed by atoms with E-state index in [9.17, 15) is 4.79 Å². The van der Waals surface area contributed by atoms with Crippen LogP contribution < -0.4 is 10.1 Å². The normalized spacial score (nSPS) is 10.7. The molecule has 0 unspecified atom stereocenters. The molecule has 3 rings (SSSR count). The molecular formula is C20H22N2O2. The van der Waals surface area contributed by atoms with Gasteiger partial charge in [-0.05, 0) is 42.2 Å². The van der Waals surface area contributed by atoms with Crippen LogP contribution in [0.2, 0.25) is 0 Å². The molecule has 24 heavy (non-hydrogen) atoms. The van der Waals surface area contributed by atoms with E-state index in [4.69, 9.17) is 4.74 Å². The van der Waals surface area contributed by atoms with Gasteiger partial charge in [0.2, 0.25) is 5.91 Å². The lowest BCUT2D eigenvalue weighted by molar-refractivity contribution is -0.121. The molecule has 0 aliphatic heterocycles. The topological polar surface area (TPSA) is 54.1 Å². The van der Waals surface area contributed by atoms with Crippen LogP contribution in [0.4, 0.5) is 0 Å². The summed E-state index contributed by atoms with van der Waals surface area (Å²) < 4.78 is 5.20. The SMILES string of the molecule is COc1cccc(CCC(=O)NCCc2c[nH]c3ccccc23)c1. The Bertz CT molecular complexity index is 823. The number of para-hydroxylation sites is 1. The molecule has 0 fully saturated rings. The van der Waals surface area contributed by atoms with Crippen molar-refractivity contribution in [1.82, 2.24) is 10.3 Å². The van der Waals surface area contributed by atoms with E-state index in [0.29, 0.717) is 13.0 Å². The van der Waals surface area contributed by atoms with Gasteiger partial charge in [0.25, 0.3) is 0 Å². The molecule has 0 atom stereocenters. The summed E-state index contributed by atoms with van der Waals surface area (Å²) in [7, 11) is 1.65. The van der Waals surface area contributed by atoms with Crippen LogP contribution in [-0.4, -0.2) is 24.5 Å². The van der Waals surface area contributed by atoms with Crippen molar-refractivity contribution >= 4 is 16.8 Å². The Labute approximate surface area is 141 Å². The zero-order valence-corrected chi connectivity index (χ0v) is 13.8. The maximum atomic E-state index is 12.0. The number of ether oxygens (including phenoxy) is 1. The van der Waals surface area contributed by atoms with Crippen molar-refractivity contribution in [3.8, 4) is 5.75 Å². The van der Waals surface area contributed by atoms with Gasteiger partial charge in [0, 0.05) is 30.1 Å². The Balaban J connectivity index is 1.45. The van der Waals surface area contributed by atoms with Crippen molar-refractivity contribution in [2.75, 3.05) is 13.7 Å². The first-order valence-electron chi connectivity index (χ1n) is 8.21. The van der Waals surface area contributed by atoms with Gasteiger partial charge >= 0.3 is 0 Å². The quantitative estimate of drug-likeness (QED) is 0.700. The van der Waals surface area contributed by atoms with Gasteiger partial charge in [-0.15, -0.1) is 0 Å². The molecule has 2 aromatic carbocycles. The number of aryl methyl sites for hydroxylation is 1. The van der Waals surface area contributed by atoms with Crippen LogP contribution >= 0.6 is 0 Å². The van der Waals surface area contributed by atoms with E-state index in [0.717, 1.165) is 29.7 Å². The number of aromatic nitrogens is 1. The smallest absolute Gasteiger partial charge is 0.220 e. The number of H-pyrrole nitrogens is 1. The van der Waals surface area contributed by atoms with Gasteiger partial charge < -0.3 is 15.0 Å². The minimum atomic E-state index is 0.0812. The van der Waals surface area contributed by atoms with E-state index in [1.54, 1.807) is 7.11 Å². The van der Waals surface area contributed by atoms with E-state index in [1.165, 1.54) is 10.9 Å². The number of fused-ring (bicyclic) bond motifs is 1. The molecule has 2 N–H and O–H groups in total. The highest BCUT2D eigenvalue weighted by Crippen LogP contribution is 2.17. The molecule has 1 amide bonds. The molecule has 1 aromatic heterocycles. The zero-order chi connectivity index (χ0) is 16.8. The van der Waals surface area contributed by atoms with Crippen LogP contribution in [-0.2, 0) is 17.6 Å². The average molecular weight is 322 g/mol. The standard InChI is InChI=1S/C20H22N2O2/c1-24-17-6-4-5-15(13-17)9-10-20(23)21-12-11-16-14-22-19-8-3-2-7-18(16)19/h2-8,13-14,22H,9-12H2,1H3,(H,21,23). The zero-order valence-electron chi connectivity index (χ0n) is 13.8. The molecule has 0 radical (unpaired) electrons. The largest absolute Gasteiger partial charge is 0.497 e. The van der Waals surface area contributed by atoms with Crippen molar-refractivity contribution in [3.63, 3.8) is 0 Å². The first kappa shape index (κ1) is 16.1. The highest BCUT2D eigenvalue weighted by atomic mass is 16.5. The van der Waals surface area contributed by atoms with Gasteiger partial charge in [-0.25, -0.2) is 0 Å². The molecule has 0 aliphatic rings. The van der Waals surface area contributed by atoms with Crippen LogP contribution in [0.3, 0.4) is 0 Å². The summed E-state index contributed by atoms with van der Waals surface area (Å²) in [6, 6.07) is 16.1. The van der Waals surface area contributed by atoms with Crippen molar-refractivity contribution in [1.29, 1.82) is 0 Å². The third-order valence-electron chi connectivity index (χ3n) is 4.17. The Morgan fingerprint density at radius 2 is 2.00 bits per heavy atom. The Morgan fingerprint density at radius 1 is 1.12 bits per heavy atom. The lowest BCUT2D eigenvalue weighted by Gasteiger charge is -2.06. The Kier molecular flexibility index (Phi) is 5.16. The maximum Gasteiger partial charge on any atom is 0.220 e. The predicted octanol–water partition coefficient (Wildman–Crippen LogP) is 3.47. The summed E-state index contributed by atoms with van der Waals surface area (Å²) >= 11 is 0. The molecule has 4 nitrogen and oxygen atoms in total. The molecule has 0 bridgehead atoms. The molecule has 4 heteroatoms. The Morgan fingerprint density at radius 3 is 2.88 bits per heavy atom. The molecular weight excluding hydrogens is 300 g/mol. The maximum absolute atomic E-state index is 12.0. The number of benzene rings is 2. The van der Waals surface area contributed by atoms with Gasteiger partial charge in [-0.1, -0.05) is 30.3 Å². The third kappa shape index (κ3) is 3.96. The molecule has 3 aromatic rings. The molecule has 0 saturated heterocycles. The lowest BCUT2D eigenvalue weighted by Crippen LogP contribution is -2.25. The minimum absolute atomic E-state index is 0.0812. The second-order valence-electron chi connectivity index (χ2n) is 5.81. The number of amides is 1. The van der Waals surface area contributed by atoms with Crippen LogP contribution in [0.15, 0.2) is 54.7 Å². The second-order valence-corrected chi connectivity index (χ2v) is 5.81. The highest BCUT2D eigenvalue weighted by Gasteiger charge is 2.05. The van der Waals surface area contributed by atoms with Crippen LogP contribution in [0.5, 0.6) is 5.75 Å². The van der Waals surface area contributed by atoms with Crippen LogP contribution in [0.25, 0.3) is 10.9 Å². The fraction of sp³-hybridized carbons (Fsp3) is 0.250. The van der Waals surface area contributed by atoms with Gasteiger partial charge in [0.1, 0.15) is 5.75 Å². The number of hydrogen-bond donors (Lipinski definition) is 2. The van der Waals surface area contributed by atoms with Crippen LogP contribution in [0, 0.1) is 0 Å². The van der Waals surface area contributed by atoms with E-state index < -0.39 is 0 Å². The number of aromatic amines is 1. The highest BCUT2D eigenvalue weighted by molar-refractivity contribution is 5.83. The third-order valence-corrected chi connectivity index (χ3v) is 4.17. The lowest BCUT2D eigenvalue weighted by atomic mass is 10.1. The molecule has 1 heterocycles. The average Bonchev–Trinajstić information content (AvgIpc) is 3.03. The fourth-order valence-corrected chi connectivity index (χ4v) is 2.85. The van der Waals surface area contributed by atoms with Gasteiger partial charge in [-0.3, -0.25) is 4.79 Å².